The standard InChI is InChI=1S/C17H18N2OS/c1-13-7-6-10-15(11-13)16(20)18-17(21)19(2)12-14-8-4-3-5-9-14/h3-11H,12H2,1-2H3,(H,18,20,21). The summed E-state index contributed by atoms with van der Waals surface area (Å²) in [4.78, 5) is 14.0. The van der Waals surface area contributed by atoms with E-state index in [0.29, 0.717) is 17.2 Å². The normalized spacial score (nSPS) is 10.0. The van der Waals surface area contributed by atoms with Gasteiger partial charge >= 0.3 is 0 Å². The number of hydrogen-bond donors (Lipinski definition) is 1. The summed E-state index contributed by atoms with van der Waals surface area (Å²) < 4.78 is 0. The predicted octanol–water partition coefficient (Wildman–Crippen LogP) is 3.14. The van der Waals surface area contributed by atoms with Crippen LogP contribution in [-0.4, -0.2) is 23.0 Å². The Bertz CT molecular complexity index is 640. The summed E-state index contributed by atoms with van der Waals surface area (Å²) in [5, 5.41) is 3.18. The number of hydrogen-bond acceptors (Lipinski definition) is 2. The first-order valence-corrected chi connectivity index (χ1v) is 7.14. The fraction of sp³-hybridized carbons (Fsp3) is 0.176. The van der Waals surface area contributed by atoms with Crippen LogP contribution < -0.4 is 5.32 Å². The van der Waals surface area contributed by atoms with E-state index in [1.807, 2.05) is 67.4 Å². The summed E-state index contributed by atoms with van der Waals surface area (Å²) in [5.74, 6) is -0.177. The van der Waals surface area contributed by atoms with Crippen LogP contribution in [0.3, 0.4) is 0 Å². The van der Waals surface area contributed by atoms with Crippen LogP contribution in [0.5, 0.6) is 0 Å². The predicted molar refractivity (Wildman–Crippen MR) is 89.2 cm³/mol. The molecular weight excluding hydrogens is 280 g/mol. The molecule has 0 bridgehead atoms. The van der Waals surface area contributed by atoms with E-state index in [1.54, 1.807) is 6.07 Å². The van der Waals surface area contributed by atoms with Crippen LogP contribution in [0.2, 0.25) is 0 Å². The topological polar surface area (TPSA) is 32.3 Å². The van der Waals surface area contributed by atoms with E-state index in [2.05, 4.69) is 5.32 Å². The summed E-state index contributed by atoms with van der Waals surface area (Å²) in [5.41, 5.74) is 2.81. The van der Waals surface area contributed by atoms with Crippen LogP contribution in [0.25, 0.3) is 0 Å². The molecule has 0 heterocycles. The van der Waals surface area contributed by atoms with E-state index in [0.717, 1.165) is 11.1 Å². The van der Waals surface area contributed by atoms with Crippen LogP contribution >= 0.6 is 12.2 Å². The molecule has 2 aromatic carbocycles. The highest BCUT2D eigenvalue weighted by atomic mass is 32.1. The summed E-state index contributed by atoms with van der Waals surface area (Å²) in [6, 6.07) is 17.4. The number of carbonyl (C=O) groups excluding carboxylic acids is 1. The van der Waals surface area contributed by atoms with Crippen LogP contribution in [0.15, 0.2) is 54.6 Å². The lowest BCUT2D eigenvalue weighted by atomic mass is 10.1. The van der Waals surface area contributed by atoms with Crippen molar-refractivity contribution in [3.05, 3.63) is 71.3 Å². The molecular formula is C17H18N2OS. The number of nitrogens with one attached hydrogen (secondary N) is 1. The van der Waals surface area contributed by atoms with Crippen molar-refractivity contribution < 1.29 is 4.79 Å². The van der Waals surface area contributed by atoms with Gasteiger partial charge in [0.2, 0.25) is 0 Å². The third-order valence-electron chi connectivity index (χ3n) is 3.11. The highest BCUT2D eigenvalue weighted by molar-refractivity contribution is 7.80. The molecule has 3 nitrogen and oxygen atoms in total. The second kappa shape index (κ2) is 6.99. The number of nitrogens with zero attached hydrogens (tertiary/aromatic N) is 1. The molecule has 1 N–H and O–H groups in total. The Balaban J connectivity index is 1.96. The minimum atomic E-state index is -0.177. The highest BCUT2D eigenvalue weighted by Gasteiger charge is 2.11. The van der Waals surface area contributed by atoms with Crippen molar-refractivity contribution in [3.8, 4) is 0 Å². The molecule has 0 saturated heterocycles. The van der Waals surface area contributed by atoms with Gasteiger partial charge in [0.1, 0.15) is 0 Å². The fourth-order valence-corrected chi connectivity index (χ4v) is 2.14. The van der Waals surface area contributed by atoms with Gasteiger partial charge in [-0.3, -0.25) is 10.1 Å². The van der Waals surface area contributed by atoms with Crippen molar-refractivity contribution in [1.82, 2.24) is 10.2 Å². The molecule has 108 valence electrons. The lowest BCUT2D eigenvalue weighted by molar-refractivity contribution is 0.0973. The van der Waals surface area contributed by atoms with Crippen LogP contribution in [-0.2, 0) is 6.54 Å². The second-order valence-corrected chi connectivity index (χ2v) is 5.36. The molecule has 0 atom stereocenters. The smallest absolute Gasteiger partial charge is 0.257 e. The first kappa shape index (κ1) is 15.2. The van der Waals surface area contributed by atoms with E-state index >= 15 is 0 Å². The zero-order valence-corrected chi connectivity index (χ0v) is 13.0. The molecule has 1 amide bonds. The summed E-state index contributed by atoms with van der Waals surface area (Å²) in [7, 11) is 1.87. The summed E-state index contributed by atoms with van der Waals surface area (Å²) in [6.45, 7) is 2.62. The first-order chi connectivity index (χ1) is 10.1. The van der Waals surface area contributed by atoms with Crippen molar-refractivity contribution in [3.63, 3.8) is 0 Å². The number of benzene rings is 2. The molecule has 0 aliphatic heterocycles. The van der Waals surface area contributed by atoms with Gasteiger partial charge in [-0.1, -0.05) is 48.0 Å². The van der Waals surface area contributed by atoms with Gasteiger partial charge in [0.05, 0.1) is 0 Å². The Morgan fingerprint density at radius 1 is 1.14 bits per heavy atom. The molecule has 0 fully saturated rings. The third-order valence-corrected chi connectivity index (χ3v) is 3.52. The Kier molecular flexibility index (Phi) is 5.06. The quantitative estimate of drug-likeness (QED) is 0.884. The van der Waals surface area contributed by atoms with Crippen molar-refractivity contribution >= 4 is 23.2 Å². The fourth-order valence-electron chi connectivity index (χ4n) is 1.98. The average Bonchev–Trinajstić information content (AvgIpc) is 2.48. The van der Waals surface area contributed by atoms with Gasteiger partial charge in [0, 0.05) is 19.2 Å². The Morgan fingerprint density at radius 3 is 2.52 bits per heavy atom. The molecule has 0 radical (unpaired) electrons. The van der Waals surface area contributed by atoms with Crippen molar-refractivity contribution in [2.24, 2.45) is 0 Å². The first-order valence-electron chi connectivity index (χ1n) is 6.73. The van der Waals surface area contributed by atoms with Gasteiger partial charge in [-0.2, -0.15) is 0 Å². The summed E-state index contributed by atoms with van der Waals surface area (Å²) >= 11 is 5.28. The number of carbonyl (C=O) groups is 1. The van der Waals surface area contributed by atoms with Gasteiger partial charge in [0.15, 0.2) is 5.11 Å². The van der Waals surface area contributed by atoms with Crippen molar-refractivity contribution in [2.45, 2.75) is 13.5 Å². The lowest BCUT2D eigenvalue weighted by Gasteiger charge is -2.20. The largest absolute Gasteiger partial charge is 0.348 e. The van der Waals surface area contributed by atoms with Crippen LogP contribution in [0.1, 0.15) is 21.5 Å². The molecule has 0 aromatic heterocycles. The molecule has 0 aliphatic carbocycles. The second-order valence-electron chi connectivity index (χ2n) is 4.97. The van der Waals surface area contributed by atoms with Gasteiger partial charge in [-0.15, -0.1) is 0 Å². The van der Waals surface area contributed by atoms with Crippen molar-refractivity contribution in [1.29, 1.82) is 0 Å². The van der Waals surface area contributed by atoms with E-state index in [9.17, 15) is 4.79 Å². The Morgan fingerprint density at radius 2 is 1.86 bits per heavy atom. The van der Waals surface area contributed by atoms with E-state index < -0.39 is 0 Å². The minimum Gasteiger partial charge on any atom is -0.348 e. The number of aryl methyl sites for hydroxylation is 1. The number of rotatable bonds is 3. The summed E-state index contributed by atoms with van der Waals surface area (Å²) in [6.07, 6.45) is 0. The van der Waals surface area contributed by atoms with Crippen LogP contribution in [0, 0.1) is 6.92 Å². The van der Waals surface area contributed by atoms with Gasteiger partial charge < -0.3 is 4.90 Å². The maximum absolute atomic E-state index is 12.1. The lowest BCUT2D eigenvalue weighted by Crippen LogP contribution is -2.40. The molecule has 2 rings (SSSR count). The number of amides is 1. The maximum Gasteiger partial charge on any atom is 0.257 e. The minimum absolute atomic E-state index is 0.177. The molecule has 0 unspecified atom stereocenters. The van der Waals surface area contributed by atoms with E-state index in [1.165, 1.54) is 0 Å². The third kappa shape index (κ3) is 4.39. The van der Waals surface area contributed by atoms with Crippen molar-refractivity contribution in [2.75, 3.05) is 7.05 Å². The molecule has 21 heavy (non-hydrogen) atoms. The Labute approximate surface area is 130 Å². The van der Waals surface area contributed by atoms with Gasteiger partial charge in [-0.05, 0) is 36.8 Å². The average molecular weight is 298 g/mol. The molecule has 0 spiro atoms. The van der Waals surface area contributed by atoms with Crippen LogP contribution in [0.4, 0.5) is 0 Å². The van der Waals surface area contributed by atoms with Gasteiger partial charge in [-0.25, -0.2) is 0 Å². The zero-order valence-electron chi connectivity index (χ0n) is 12.2. The molecule has 0 aliphatic rings. The SMILES string of the molecule is Cc1cccc(C(=O)NC(=S)N(C)Cc2ccccc2)c1. The van der Waals surface area contributed by atoms with E-state index in [4.69, 9.17) is 12.2 Å². The van der Waals surface area contributed by atoms with Gasteiger partial charge in [0.25, 0.3) is 5.91 Å². The molecule has 0 saturated carbocycles. The molecule has 2 aromatic rings. The Hall–Kier alpha value is -2.20. The van der Waals surface area contributed by atoms with E-state index in [-0.39, 0.29) is 5.91 Å². The monoisotopic (exact) mass is 298 g/mol. The number of thiocarbonyl (C=S) groups is 1. The zero-order chi connectivity index (χ0) is 15.2. The highest BCUT2D eigenvalue weighted by Crippen LogP contribution is 2.05. The molecule has 4 heteroatoms. The maximum atomic E-state index is 12.1.